The van der Waals surface area contributed by atoms with Gasteiger partial charge in [-0.2, -0.15) is 0 Å². The van der Waals surface area contributed by atoms with Crippen molar-refractivity contribution in [2.24, 2.45) is 11.7 Å². The summed E-state index contributed by atoms with van der Waals surface area (Å²) in [6.07, 6.45) is -0.196. The molecule has 2 amide bonds. The van der Waals surface area contributed by atoms with Crippen LogP contribution in [0.4, 0.5) is 5.69 Å². The van der Waals surface area contributed by atoms with E-state index in [9.17, 15) is 14.4 Å². The zero-order valence-electron chi connectivity index (χ0n) is 15.1. The van der Waals surface area contributed by atoms with Gasteiger partial charge in [-0.25, -0.2) is 0 Å². The van der Waals surface area contributed by atoms with E-state index >= 15 is 0 Å². The van der Waals surface area contributed by atoms with Gasteiger partial charge in [0.2, 0.25) is 12.0 Å². The van der Waals surface area contributed by atoms with Gasteiger partial charge >= 0.3 is 5.97 Å². The summed E-state index contributed by atoms with van der Waals surface area (Å²) < 4.78 is 5.36. The molecular weight excluding hydrogens is 344 g/mol. The molecule has 0 saturated carbocycles. The van der Waals surface area contributed by atoms with E-state index in [0.29, 0.717) is 5.56 Å². The molecule has 0 radical (unpaired) electrons. The van der Waals surface area contributed by atoms with Crippen molar-refractivity contribution in [1.29, 1.82) is 0 Å². The molecule has 2 aromatic carbocycles. The Hall–Kier alpha value is -3.15. The van der Waals surface area contributed by atoms with Crippen molar-refractivity contribution >= 4 is 23.5 Å². The van der Waals surface area contributed by atoms with E-state index in [4.69, 9.17) is 10.5 Å². The Morgan fingerprint density at radius 1 is 1.15 bits per heavy atom. The summed E-state index contributed by atoms with van der Waals surface area (Å²) in [5.74, 6) is -2.11. The lowest BCUT2D eigenvalue weighted by Crippen LogP contribution is -2.30. The maximum Gasteiger partial charge on any atom is 0.312 e. The van der Waals surface area contributed by atoms with Gasteiger partial charge in [0, 0.05) is 24.2 Å². The normalized spacial score (nSPS) is 17.6. The van der Waals surface area contributed by atoms with Crippen LogP contribution in [0, 0.1) is 5.92 Å². The number of aryl methyl sites for hydroxylation is 1. The summed E-state index contributed by atoms with van der Waals surface area (Å²) in [5.41, 5.74) is 7.83. The van der Waals surface area contributed by atoms with Crippen molar-refractivity contribution in [3.63, 3.8) is 0 Å². The van der Waals surface area contributed by atoms with E-state index in [2.05, 4.69) is 6.92 Å². The quantitative estimate of drug-likeness (QED) is 0.795. The molecule has 6 nitrogen and oxygen atoms in total. The number of hydrogen-bond donors (Lipinski definition) is 1. The molecule has 27 heavy (non-hydrogen) atoms. The molecule has 0 spiro atoms. The number of anilines is 1. The van der Waals surface area contributed by atoms with Crippen LogP contribution in [0.2, 0.25) is 0 Å². The van der Waals surface area contributed by atoms with Crippen LogP contribution in [0.1, 0.15) is 30.6 Å². The Balaban J connectivity index is 1.70. The maximum absolute atomic E-state index is 12.5. The van der Waals surface area contributed by atoms with Gasteiger partial charge in [-0.15, -0.1) is 0 Å². The highest BCUT2D eigenvalue weighted by molar-refractivity contribution is 5.99. The number of esters is 1. The largest absolute Gasteiger partial charge is 0.447 e. The topological polar surface area (TPSA) is 89.7 Å². The number of primary amides is 1. The number of benzene rings is 2. The van der Waals surface area contributed by atoms with Crippen LogP contribution >= 0.6 is 0 Å². The molecule has 2 N–H and O–H groups in total. The Morgan fingerprint density at radius 2 is 1.81 bits per heavy atom. The molecule has 0 aromatic heterocycles. The lowest BCUT2D eigenvalue weighted by molar-refractivity contribution is -0.159. The van der Waals surface area contributed by atoms with Crippen LogP contribution in [-0.2, 0) is 25.5 Å². The lowest BCUT2D eigenvalue weighted by atomic mass is 10.1. The molecule has 140 valence electrons. The summed E-state index contributed by atoms with van der Waals surface area (Å²) in [4.78, 5) is 38.2. The standard InChI is InChI=1S/C21H22N2O4/c1-2-14-8-10-17(11-9-14)23-13-16(12-18(23)24)21(26)27-19(20(22)25)15-6-4-3-5-7-15/h3-11,16,19H,2,12-13H2,1H3,(H2,22,25)/t16-,19-/m0/s1. The number of rotatable bonds is 6. The molecule has 6 heteroatoms. The van der Waals surface area contributed by atoms with Crippen molar-refractivity contribution in [2.45, 2.75) is 25.9 Å². The van der Waals surface area contributed by atoms with Crippen molar-refractivity contribution in [3.8, 4) is 0 Å². The van der Waals surface area contributed by atoms with Crippen molar-refractivity contribution in [2.75, 3.05) is 11.4 Å². The van der Waals surface area contributed by atoms with Gasteiger partial charge in [0.05, 0.1) is 5.92 Å². The fourth-order valence-corrected chi connectivity index (χ4v) is 3.16. The van der Waals surface area contributed by atoms with E-state index in [1.54, 1.807) is 35.2 Å². The molecule has 0 unspecified atom stereocenters. The summed E-state index contributed by atoms with van der Waals surface area (Å²) in [5, 5.41) is 0. The fraction of sp³-hybridized carbons (Fsp3) is 0.286. The summed E-state index contributed by atoms with van der Waals surface area (Å²) in [6, 6.07) is 16.3. The molecular formula is C21H22N2O4. The minimum absolute atomic E-state index is 0.0502. The number of ether oxygens (including phenoxy) is 1. The third-order valence-electron chi connectivity index (χ3n) is 4.71. The first-order chi connectivity index (χ1) is 13.0. The second kappa shape index (κ2) is 8.03. The molecule has 2 aromatic rings. The van der Waals surface area contributed by atoms with Crippen LogP contribution in [0.3, 0.4) is 0 Å². The molecule has 0 aliphatic carbocycles. The van der Waals surface area contributed by atoms with E-state index in [-0.39, 0.29) is 18.9 Å². The van der Waals surface area contributed by atoms with Crippen LogP contribution < -0.4 is 10.6 Å². The summed E-state index contributed by atoms with van der Waals surface area (Å²) in [6.45, 7) is 2.29. The minimum atomic E-state index is -1.16. The van der Waals surface area contributed by atoms with Gasteiger partial charge in [0.25, 0.3) is 5.91 Å². The number of amides is 2. The predicted octanol–water partition coefficient (Wildman–Crippen LogP) is 2.37. The molecule has 1 aliphatic rings. The van der Waals surface area contributed by atoms with Crippen LogP contribution in [0.25, 0.3) is 0 Å². The second-order valence-corrected chi connectivity index (χ2v) is 6.56. The summed E-state index contributed by atoms with van der Waals surface area (Å²) in [7, 11) is 0. The van der Waals surface area contributed by atoms with E-state index < -0.39 is 23.9 Å². The average Bonchev–Trinajstić information content (AvgIpc) is 3.08. The number of nitrogens with two attached hydrogens (primary N) is 1. The smallest absolute Gasteiger partial charge is 0.312 e. The average molecular weight is 366 g/mol. The number of carbonyl (C=O) groups excluding carboxylic acids is 3. The number of hydrogen-bond acceptors (Lipinski definition) is 4. The van der Waals surface area contributed by atoms with Crippen molar-refractivity contribution in [1.82, 2.24) is 0 Å². The first kappa shape index (κ1) is 18.6. The van der Waals surface area contributed by atoms with Crippen molar-refractivity contribution < 1.29 is 19.1 Å². The highest BCUT2D eigenvalue weighted by Gasteiger charge is 2.38. The zero-order chi connectivity index (χ0) is 19.4. The number of nitrogens with zero attached hydrogens (tertiary/aromatic N) is 1. The highest BCUT2D eigenvalue weighted by atomic mass is 16.5. The Bertz CT molecular complexity index is 833. The van der Waals surface area contributed by atoms with Crippen LogP contribution in [0.15, 0.2) is 54.6 Å². The van der Waals surface area contributed by atoms with E-state index in [1.165, 1.54) is 5.56 Å². The van der Waals surface area contributed by atoms with Gasteiger partial charge in [-0.1, -0.05) is 49.4 Å². The third kappa shape index (κ3) is 4.16. The first-order valence-corrected chi connectivity index (χ1v) is 8.93. The Labute approximate surface area is 157 Å². The SMILES string of the molecule is CCc1ccc(N2C[C@@H](C(=O)O[C@H](C(N)=O)c3ccccc3)CC2=O)cc1. The van der Waals surface area contributed by atoms with Gasteiger partial charge in [-0.05, 0) is 24.1 Å². The molecule has 1 fully saturated rings. The third-order valence-corrected chi connectivity index (χ3v) is 4.71. The minimum Gasteiger partial charge on any atom is -0.447 e. The molecule has 2 atom stereocenters. The molecule has 0 bridgehead atoms. The van der Waals surface area contributed by atoms with Crippen LogP contribution in [-0.4, -0.2) is 24.3 Å². The molecule has 1 saturated heterocycles. The predicted molar refractivity (Wildman–Crippen MR) is 101 cm³/mol. The van der Waals surface area contributed by atoms with Crippen molar-refractivity contribution in [3.05, 3.63) is 65.7 Å². The lowest BCUT2D eigenvalue weighted by Gasteiger charge is -2.19. The monoisotopic (exact) mass is 366 g/mol. The van der Waals surface area contributed by atoms with Gasteiger partial charge in [-0.3, -0.25) is 14.4 Å². The Morgan fingerprint density at radius 3 is 2.41 bits per heavy atom. The second-order valence-electron chi connectivity index (χ2n) is 6.56. The first-order valence-electron chi connectivity index (χ1n) is 8.93. The highest BCUT2D eigenvalue weighted by Crippen LogP contribution is 2.28. The Kier molecular flexibility index (Phi) is 5.54. The molecule has 3 rings (SSSR count). The van der Waals surface area contributed by atoms with Crippen LogP contribution in [0.5, 0.6) is 0 Å². The zero-order valence-corrected chi connectivity index (χ0v) is 15.1. The molecule has 1 aliphatic heterocycles. The van der Waals surface area contributed by atoms with Gasteiger partial charge in [0.15, 0.2) is 0 Å². The van der Waals surface area contributed by atoms with Gasteiger partial charge in [0.1, 0.15) is 0 Å². The molecule has 1 heterocycles. The summed E-state index contributed by atoms with van der Waals surface area (Å²) >= 11 is 0. The van der Waals surface area contributed by atoms with E-state index in [0.717, 1.165) is 12.1 Å². The maximum atomic E-state index is 12.5. The fourth-order valence-electron chi connectivity index (χ4n) is 3.16. The number of carbonyl (C=O) groups is 3. The van der Waals surface area contributed by atoms with Gasteiger partial charge < -0.3 is 15.4 Å². The van der Waals surface area contributed by atoms with E-state index in [1.807, 2.05) is 24.3 Å².